The van der Waals surface area contributed by atoms with Crippen molar-refractivity contribution in [2.24, 2.45) is 5.73 Å². The molecule has 0 saturated carbocycles. The first-order valence-electron chi connectivity index (χ1n) is 6.89. The standard InChI is InChI=1S/C13H23N3O3/c1-4-12(3,14)11-15-10(16-19-11)13(18-5-2)6-8-17-9-7-13/h4-9,14H2,1-3H3. The van der Waals surface area contributed by atoms with Crippen molar-refractivity contribution in [2.45, 2.75) is 51.2 Å². The maximum Gasteiger partial charge on any atom is 0.246 e. The number of hydrogen-bond donors (Lipinski definition) is 1. The first kappa shape index (κ1) is 14.4. The number of nitrogens with zero attached hydrogens (tertiary/aromatic N) is 2. The van der Waals surface area contributed by atoms with Gasteiger partial charge in [-0.2, -0.15) is 4.98 Å². The zero-order chi connectivity index (χ0) is 13.9. The van der Waals surface area contributed by atoms with Crippen molar-refractivity contribution in [3.63, 3.8) is 0 Å². The van der Waals surface area contributed by atoms with E-state index in [1.165, 1.54) is 0 Å². The SMILES string of the molecule is CCOC1(c2noc(C(C)(N)CC)n2)CCOCC1. The summed E-state index contributed by atoms with van der Waals surface area (Å²) >= 11 is 0. The van der Waals surface area contributed by atoms with E-state index in [9.17, 15) is 0 Å². The van der Waals surface area contributed by atoms with Gasteiger partial charge < -0.3 is 19.7 Å². The quantitative estimate of drug-likeness (QED) is 0.875. The van der Waals surface area contributed by atoms with Gasteiger partial charge in [-0.15, -0.1) is 0 Å². The highest BCUT2D eigenvalue weighted by Crippen LogP contribution is 2.35. The monoisotopic (exact) mass is 269 g/mol. The zero-order valence-electron chi connectivity index (χ0n) is 11.9. The summed E-state index contributed by atoms with van der Waals surface area (Å²) in [6, 6.07) is 0. The number of ether oxygens (including phenoxy) is 2. The summed E-state index contributed by atoms with van der Waals surface area (Å²) in [5.41, 5.74) is 5.05. The number of nitrogens with two attached hydrogens (primary N) is 1. The number of rotatable bonds is 5. The minimum atomic E-state index is -0.593. The van der Waals surface area contributed by atoms with Crippen LogP contribution in [-0.4, -0.2) is 30.0 Å². The van der Waals surface area contributed by atoms with Gasteiger partial charge in [-0.05, 0) is 20.3 Å². The second kappa shape index (κ2) is 5.56. The van der Waals surface area contributed by atoms with Crippen LogP contribution in [0, 0.1) is 0 Å². The van der Waals surface area contributed by atoms with Crippen molar-refractivity contribution in [3.8, 4) is 0 Å². The molecule has 1 saturated heterocycles. The summed E-state index contributed by atoms with van der Waals surface area (Å²) in [5.74, 6) is 1.06. The van der Waals surface area contributed by atoms with E-state index in [0.29, 0.717) is 31.5 Å². The van der Waals surface area contributed by atoms with Crippen molar-refractivity contribution >= 4 is 0 Å². The fourth-order valence-corrected chi connectivity index (χ4v) is 2.20. The maximum absolute atomic E-state index is 6.14. The van der Waals surface area contributed by atoms with Crippen molar-refractivity contribution in [1.82, 2.24) is 10.1 Å². The molecule has 0 spiro atoms. The Labute approximate surface area is 113 Å². The smallest absolute Gasteiger partial charge is 0.246 e. The van der Waals surface area contributed by atoms with E-state index in [0.717, 1.165) is 19.3 Å². The minimum Gasteiger partial charge on any atom is -0.381 e. The first-order chi connectivity index (χ1) is 9.04. The van der Waals surface area contributed by atoms with Crippen LogP contribution in [0.4, 0.5) is 0 Å². The first-order valence-corrected chi connectivity index (χ1v) is 6.89. The summed E-state index contributed by atoms with van der Waals surface area (Å²) in [5, 5.41) is 4.10. The predicted octanol–water partition coefficient (Wildman–Crippen LogP) is 1.70. The molecule has 0 aromatic carbocycles. The third-order valence-corrected chi connectivity index (χ3v) is 3.78. The van der Waals surface area contributed by atoms with Crippen LogP contribution in [-0.2, 0) is 20.6 Å². The van der Waals surface area contributed by atoms with Crippen LogP contribution in [0.5, 0.6) is 0 Å². The Kier molecular flexibility index (Phi) is 4.23. The molecule has 1 aromatic heterocycles. The van der Waals surface area contributed by atoms with E-state index >= 15 is 0 Å². The third-order valence-electron chi connectivity index (χ3n) is 3.78. The highest BCUT2D eigenvalue weighted by Gasteiger charge is 2.41. The van der Waals surface area contributed by atoms with Gasteiger partial charge in [0.15, 0.2) is 0 Å². The van der Waals surface area contributed by atoms with E-state index in [1.54, 1.807) is 0 Å². The Bertz CT molecular complexity index is 406. The highest BCUT2D eigenvalue weighted by atomic mass is 16.5. The minimum absolute atomic E-state index is 0.468. The second-order valence-electron chi connectivity index (χ2n) is 5.23. The zero-order valence-corrected chi connectivity index (χ0v) is 11.9. The van der Waals surface area contributed by atoms with Crippen molar-refractivity contribution < 1.29 is 14.0 Å². The normalized spacial score (nSPS) is 22.1. The molecule has 6 nitrogen and oxygen atoms in total. The van der Waals surface area contributed by atoms with Gasteiger partial charge in [-0.1, -0.05) is 12.1 Å². The summed E-state index contributed by atoms with van der Waals surface area (Å²) in [6.45, 7) is 7.77. The van der Waals surface area contributed by atoms with E-state index in [1.807, 2.05) is 20.8 Å². The molecule has 1 atom stereocenters. The molecule has 1 unspecified atom stereocenters. The van der Waals surface area contributed by atoms with Crippen LogP contribution in [0.3, 0.4) is 0 Å². The summed E-state index contributed by atoms with van der Waals surface area (Å²) in [7, 11) is 0. The molecule has 2 heterocycles. The topological polar surface area (TPSA) is 83.4 Å². The Hall–Kier alpha value is -0.980. The molecule has 2 rings (SSSR count). The Balaban J connectivity index is 2.28. The summed E-state index contributed by atoms with van der Waals surface area (Å²) in [6.07, 6.45) is 2.22. The molecule has 19 heavy (non-hydrogen) atoms. The molecule has 0 aliphatic carbocycles. The molecule has 2 N–H and O–H groups in total. The van der Waals surface area contributed by atoms with Crippen LogP contribution in [0.25, 0.3) is 0 Å². The molecule has 6 heteroatoms. The second-order valence-corrected chi connectivity index (χ2v) is 5.23. The van der Waals surface area contributed by atoms with Gasteiger partial charge in [0.25, 0.3) is 0 Å². The lowest BCUT2D eigenvalue weighted by atomic mass is 9.93. The molecule has 0 amide bonds. The Morgan fingerprint density at radius 3 is 2.63 bits per heavy atom. The molecule has 0 radical (unpaired) electrons. The van der Waals surface area contributed by atoms with E-state index in [-0.39, 0.29) is 0 Å². The van der Waals surface area contributed by atoms with Gasteiger partial charge in [0.05, 0.1) is 5.54 Å². The number of hydrogen-bond acceptors (Lipinski definition) is 6. The van der Waals surface area contributed by atoms with Gasteiger partial charge >= 0.3 is 0 Å². The van der Waals surface area contributed by atoms with Crippen LogP contribution >= 0.6 is 0 Å². The van der Waals surface area contributed by atoms with Crippen LogP contribution < -0.4 is 5.73 Å². The molecular weight excluding hydrogens is 246 g/mol. The molecule has 1 aromatic rings. The maximum atomic E-state index is 6.14. The van der Waals surface area contributed by atoms with Crippen molar-refractivity contribution in [3.05, 3.63) is 11.7 Å². The molecule has 0 bridgehead atoms. The molecule has 1 aliphatic rings. The van der Waals surface area contributed by atoms with Crippen LogP contribution in [0.1, 0.15) is 51.7 Å². The van der Waals surface area contributed by atoms with Gasteiger partial charge in [-0.25, -0.2) is 0 Å². The summed E-state index contributed by atoms with van der Waals surface area (Å²) < 4.78 is 16.6. The van der Waals surface area contributed by atoms with Crippen molar-refractivity contribution in [1.29, 1.82) is 0 Å². The average molecular weight is 269 g/mol. The van der Waals surface area contributed by atoms with Gasteiger partial charge in [-0.3, -0.25) is 0 Å². The third kappa shape index (κ3) is 2.80. The lowest BCUT2D eigenvalue weighted by Crippen LogP contribution is -2.38. The predicted molar refractivity (Wildman–Crippen MR) is 69.5 cm³/mol. The molecule has 108 valence electrons. The lowest BCUT2D eigenvalue weighted by Gasteiger charge is -2.33. The lowest BCUT2D eigenvalue weighted by molar-refractivity contribution is -0.118. The average Bonchev–Trinajstić information content (AvgIpc) is 2.91. The van der Waals surface area contributed by atoms with E-state index in [2.05, 4.69) is 10.1 Å². The van der Waals surface area contributed by atoms with Crippen LogP contribution in [0.2, 0.25) is 0 Å². The molecular formula is C13H23N3O3. The summed E-state index contributed by atoms with van der Waals surface area (Å²) in [4.78, 5) is 4.48. The van der Waals surface area contributed by atoms with E-state index < -0.39 is 11.1 Å². The van der Waals surface area contributed by atoms with Crippen LogP contribution in [0.15, 0.2) is 4.52 Å². The largest absolute Gasteiger partial charge is 0.381 e. The molecule has 1 aliphatic heterocycles. The number of aromatic nitrogens is 2. The highest BCUT2D eigenvalue weighted by molar-refractivity contribution is 5.07. The fraction of sp³-hybridized carbons (Fsp3) is 0.846. The van der Waals surface area contributed by atoms with Crippen molar-refractivity contribution in [2.75, 3.05) is 19.8 Å². The fourth-order valence-electron chi connectivity index (χ4n) is 2.20. The Morgan fingerprint density at radius 1 is 1.37 bits per heavy atom. The molecule has 1 fully saturated rings. The van der Waals surface area contributed by atoms with Gasteiger partial charge in [0.1, 0.15) is 5.60 Å². The van der Waals surface area contributed by atoms with Gasteiger partial charge in [0, 0.05) is 32.7 Å². The van der Waals surface area contributed by atoms with E-state index in [4.69, 9.17) is 19.7 Å². The Morgan fingerprint density at radius 2 is 2.05 bits per heavy atom. The van der Waals surface area contributed by atoms with Gasteiger partial charge in [0.2, 0.25) is 11.7 Å².